The maximum atomic E-state index is 13.0. The highest BCUT2D eigenvalue weighted by atomic mass is 35.5. The number of carbonyl (C=O) groups excluding carboxylic acids is 1. The lowest BCUT2D eigenvalue weighted by molar-refractivity contribution is -0.161. The minimum absolute atomic E-state index is 0.157. The Labute approximate surface area is 190 Å². The summed E-state index contributed by atoms with van der Waals surface area (Å²) in [6.07, 6.45) is 2.46. The molecule has 2 aromatic carbocycles. The maximum absolute atomic E-state index is 13.0. The number of benzene rings is 2. The van der Waals surface area contributed by atoms with E-state index in [1.807, 2.05) is 45.0 Å². The van der Waals surface area contributed by atoms with Crippen molar-refractivity contribution >= 4 is 17.6 Å². The number of carbonyl (C=O) groups is 1. The Morgan fingerprint density at radius 3 is 2.52 bits per heavy atom. The highest BCUT2D eigenvalue weighted by Crippen LogP contribution is 2.44. The van der Waals surface area contributed by atoms with Gasteiger partial charge in [0.05, 0.1) is 18.1 Å². The molecule has 1 unspecified atom stereocenters. The number of nitrogens with zero attached hydrogens (tertiary/aromatic N) is 1. The van der Waals surface area contributed by atoms with Crippen molar-refractivity contribution < 1.29 is 14.3 Å². The molecule has 0 aromatic heterocycles. The normalized spacial score (nSPS) is 19.2. The standard InChI is InChI=1S/C26H32ClNO3/c1-25(2,3)31-24(29)21(16-19-8-5-7-11-23(19)27)17-28-14-12-26(13-15-28)22-10-6-4-9-20(22)18-30-26/h4-11,21H,12-18H2,1-3H3. The SMILES string of the molecule is CC(C)(C)OC(=O)C(Cc1ccccc1Cl)CN1CCC2(CC1)OCc1ccccc12. The Morgan fingerprint density at radius 1 is 1.13 bits per heavy atom. The zero-order valence-corrected chi connectivity index (χ0v) is 19.5. The number of fused-ring (bicyclic) bond motifs is 2. The fraction of sp³-hybridized carbons (Fsp3) is 0.500. The van der Waals surface area contributed by atoms with Gasteiger partial charge in [0, 0.05) is 24.7 Å². The van der Waals surface area contributed by atoms with Gasteiger partial charge in [0.25, 0.3) is 0 Å². The number of piperidine rings is 1. The van der Waals surface area contributed by atoms with E-state index in [4.69, 9.17) is 21.1 Å². The van der Waals surface area contributed by atoms with Crippen LogP contribution in [0.3, 0.4) is 0 Å². The molecule has 1 saturated heterocycles. The fourth-order valence-corrected chi connectivity index (χ4v) is 4.96. The molecule has 1 atom stereocenters. The summed E-state index contributed by atoms with van der Waals surface area (Å²) >= 11 is 6.40. The van der Waals surface area contributed by atoms with E-state index in [2.05, 4.69) is 29.2 Å². The smallest absolute Gasteiger partial charge is 0.311 e. The molecule has 4 nitrogen and oxygen atoms in total. The molecule has 31 heavy (non-hydrogen) atoms. The summed E-state index contributed by atoms with van der Waals surface area (Å²) in [6.45, 7) is 8.90. The summed E-state index contributed by atoms with van der Waals surface area (Å²) in [5.74, 6) is -0.417. The lowest BCUT2D eigenvalue weighted by atomic mass is 9.83. The van der Waals surface area contributed by atoms with Crippen LogP contribution in [-0.4, -0.2) is 36.1 Å². The highest BCUT2D eigenvalue weighted by Gasteiger charge is 2.43. The average Bonchev–Trinajstić information content (AvgIpc) is 3.08. The van der Waals surface area contributed by atoms with Crippen LogP contribution in [0.25, 0.3) is 0 Å². The Morgan fingerprint density at radius 2 is 1.81 bits per heavy atom. The first-order valence-electron chi connectivity index (χ1n) is 11.2. The van der Waals surface area contributed by atoms with Gasteiger partial charge in [0.15, 0.2) is 0 Å². The van der Waals surface area contributed by atoms with Gasteiger partial charge in [-0.15, -0.1) is 0 Å². The first-order chi connectivity index (χ1) is 14.8. The van der Waals surface area contributed by atoms with Crippen LogP contribution < -0.4 is 0 Å². The molecular formula is C26H32ClNO3. The largest absolute Gasteiger partial charge is 0.460 e. The van der Waals surface area contributed by atoms with Gasteiger partial charge in [-0.3, -0.25) is 4.79 Å². The van der Waals surface area contributed by atoms with E-state index in [-0.39, 0.29) is 17.5 Å². The van der Waals surface area contributed by atoms with E-state index in [1.54, 1.807) is 0 Å². The predicted octanol–water partition coefficient (Wildman–Crippen LogP) is 5.36. The third kappa shape index (κ3) is 5.14. The Hall–Kier alpha value is -1.88. The van der Waals surface area contributed by atoms with Crippen LogP contribution in [-0.2, 0) is 32.9 Å². The molecule has 0 bridgehead atoms. The number of hydrogen-bond acceptors (Lipinski definition) is 4. The summed E-state index contributed by atoms with van der Waals surface area (Å²) < 4.78 is 12.1. The van der Waals surface area contributed by atoms with E-state index >= 15 is 0 Å². The number of likely N-dealkylation sites (tertiary alicyclic amines) is 1. The predicted molar refractivity (Wildman–Crippen MR) is 123 cm³/mol. The lowest BCUT2D eigenvalue weighted by Crippen LogP contribution is -2.46. The lowest BCUT2D eigenvalue weighted by Gasteiger charge is -2.40. The van der Waals surface area contributed by atoms with E-state index in [0.29, 0.717) is 24.6 Å². The van der Waals surface area contributed by atoms with Crippen LogP contribution in [0, 0.1) is 5.92 Å². The molecular weight excluding hydrogens is 410 g/mol. The van der Waals surface area contributed by atoms with E-state index in [9.17, 15) is 4.79 Å². The summed E-state index contributed by atoms with van der Waals surface area (Å²) in [4.78, 5) is 15.4. The minimum atomic E-state index is -0.511. The molecule has 0 aliphatic carbocycles. The Balaban J connectivity index is 1.45. The van der Waals surface area contributed by atoms with Gasteiger partial charge >= 0.3 is 5.97 Å². The van der Waals surface area contributed by atoms with Gasteiger partial charge in [-0.1, -0.05) is 54.1 Å². The zero-order valence-electron chi connectivity index (χ0n) is 18.7. The zero-order chi connectivity index (χ0) is 22.1. The van der Waals surface area contributed by atoms with Crippen molar-refractivity contribution in [2.75, 3.05) is 19.6 Å². The molecule has 166 valence electrons. The third-order valence-electron chi connectivity index (χ3n) is 6.32. The molecule has 1 spiro atoms. The molecule has 0 radical (unpaired) electrons. The minimum Gasteiger partial charge on any atom is -0.460 e. The van der Waals surface area contributed by atoms with Crippen molar-refractivity contribution in [2.24, 2.45) is 5.92 Å². The Bertz CT molecular complexity index is 928. The van der Waals surface area contributed by atoms with Crippen LogP contribution in [0.5, 0.6) is 0 Å². The van der Waals surface area contributed by atoms with Gasteiger partial charge in [-0.2, -0.15) is 0 Å². The highest BCUT2D eigenvalue weighted by molar-refractivity contribution is 6.31. The van der Waals surface area contributed by atoms with Crippen LogP contribution in [0.2, 0.25) is 5.02 Å². The first-order valence-corrected chi connectivity index (χ1v) is 11.5. The summed E-state index contributed by atoms with van der Waals surface area (Å²) in [5, 5.41) is 0.699. The summed E-state index contributed by atoms with van der Waals surface area (Å²) in [6, 6.07) is 16.3. The van der Waals surface area contributed by atoms with Crippen LogP contribution in [0.1, 0.15) is 50.3 Å². The molecule has 2 aromatic rings. The quantitative estimate of drug-likeness (QED) is 0.585. The average molecular weight is 442 g/mol. The van der Waals surface area contributed by atoms with Crippen LogP contribution in [0.4, 0.5) is 0 Å². The molecule has 0 amide bonds. The maximum Gasteiger partial charge on any atom is 0.311 e. The summed E-state index contributed by atoms with van der Waals surface area (Å²) in [7, 11) is 0. The molecule has 0 saturated carbocycles. The van der Waals surface area contributed by atoms with Crippen molar-refractivity contribution in [3.8, 4) is 0 Å². The number of rotatable bonds is 5. The van der Waals surface area contributed by atoms with Crippen molar-refractivity contribution in [2.45, 2.75) is 57.8 Å². The summed E-state index contributed by atoms with van der Waals surface area (Å²) in [5.41, 5.74) is 2.96. The van der Waals surface area contributed by atoms with Gasteiger partial charge in [-0.25, -0.2) is 0 Å². The van der Waals surface area contributed by atoms with Crippen molar-refractivity contribution in [3.05, 3.63) is 70.2 Å². The second-order valence-electron chi connectivity index (χ2n) is 9.77. The second kappa shape index (κ2) is 8.93. The molecule has 2 aliphatic heterocycles. The molecule has 1 fully saturated rings. The molecule has 4 rings (SSSR count). The molecule has 5 heteroatoms. The molecule has 0 N–H and O–H groups in total. The topological polar surface area (TPSA) is 38.8 Å². The monoisotopic (exact) mass is 441 g/mol. The molecule has 2 aliphatic rings. The Kier molecular flexibility index (Phi) is 6.43. The van der Waals surface area contributed by atoms with Gasteiger partial charge in [0.2, 0.25) is 0 Å². The van der Waals surface area contributed by atoms with E-state index in [0.717, 1.165) is 31.5 Å². The van der Waals surface area contributed by atoms with Crippen molar-refractivity contribution in [1.82, 2.24) is 4.90 Å². The number of ether oxygens (including phenoxy) is 2. The number of hydrogen-bond donors (Lipinski definition) is 0. The van der Waals surface area contributed by atoms with Crippen molar-refractivity contribution in [3.63, 3.8) is 0 Å². The number of halogens is 1. The molecule has 2 heterocycles. The first kappa shape index (κ1) is 22.3. The van der Waals surface area contributed by atoms with Gasteiger partial charge in [0.1, 0.15) is 5.60 Å². The third-order valence-corrected chi connectivity index (χ3v) is 6.69. The fourth-order valence-electron chi connectivity index (χ4n) is 4.74. The number of esters is 1. The van der Waals surface area contributed by atoms with Crippen LogP contribution in [0.15, 0.2) is 48.5 Å². The van der Waals surface area contributed by atoms with E-state index < -0.39 is 5.60 Å². The van der Waals surface area contributed by atoms with Gasteiger partial charge < -0.3 is 14.4 Å². The van der Waals surface area contributed by atoms with Crippen LogP contribution >= 0.6 is 11.6 Å². The van der Waals surface area contributed by atoms with Crippen molar-refractivity contribution in [1.29, 1.82) is 0 Å². The van der Waals surface area contributed by atoms with Gasteiger partial charge in [-0.05, 0) is 62.8 Å². The second-order valence-corrected chi connectivity index (χ2v) is 10.2. The van der Waals surface area contributed by atoms with E-state index in [1.165, 1.54) is 11.1 Å².